The van der Waals surface area contributed by atoms with Gasteiger partial charge < -0.3 is 9.84 Å². The molecule has 0 bridgehead atoms. The molecule has 1 N–H and O–H groups in total. The second-order valence-electron chi connectivity index (χ2n) is 1.64. The summed E-state index contributed by atoms with van der Waals surface area (Å²) in [6.07, 6.45) is 0. The van der Waals surface area contributed by atoms with Crippen LogP contribution in [-0.2, 0) is 9.53 Å². The van der Waals surface area contributed by atoms with E-state index in [0.717, 1.165) is 0 Å². The van der Waals surface area contributed by atoms with Gasteiger partial charge in [0.05, 0.1) is 6.61 Å². The van der Waals surface area contributed by atoms with E-state index < -0.39 is 5.97 Å². The molecule has 0 heterocycles. The lowest BCUT2D eigenvalue weighted by atomic mass is 10.4. The highest BCUT2D eigenvalue weighted by Crippen LogP contribution is 1.89. The molecule has 0 fully saturated rings. The van der Waals surface area contributed by atoms with Crippen LogP contribution in [0.15, 0.2) is 144 Å². The quantitative estimate of drug-likeness (QED) is 0.290. The number of hydrogen-bond acceptors (Lipinski definition) is 3. The number of aliphatic hydroxyl groups is 1. The molecule has 0 aromatic rings. The van der Waals surface area contributed by atoms with E-state index in [1.807, 2.05) is 0 Å². The van der Waals surface area contributed by atoms with Gasteiger partial charge in [0, 0.05) is 5.57 Å². The van der Waals surface area contributed by atoms with Crippen molar-refractivity contribution >= 4 is 5.97 Å². The molecule has 0 saturated heterocycles. The Morgan fingerprint density at radius 3 is 0.862 bits per heavy atom. The number of esters is 1. The molecule has 0 spiro atoms. The third-order valence-electron chi connectivity index (χ3n) is 0.673. The summed E-state index contributed by atoms with van der Waals surface area (Å²) in [6, 6.07) is 0. The Hall–Kier alpha value is -3.43. The second kappa shape index (κ2) is 440. The minimum absolute atomic E-state index is 0.0473. The molecule has 0 aliphatic heterocycles. The van der Waals surface area contributed by atoms with Gasteiger partial charge in [-0.05, 0) is 6.92 Å². The minimum atomic E-state index is -0.455. The van der Waals surface area contributed by atoms with Crippen molar-refractivity contribution in [2.45, 2.75) is 6.92 Å². The lowest BCUT2D eigenvalue weighted by Crippen LogP contribution is -2.08. The molecule has 0 amide bonds. The summed E-state index contributed by atoms with van der Waals surface area (Å²) in [4.78, 5) is 10.5. The van der Waals surface area contributed by atoms with Gasteiger partial charge in [-0.3, -0.25) is 0 Å². The molecule has 29 heavy (non-hydrogen) atoms. The third-order valence-corrected chi connectivity index (χ3v) is 0.673. The largest absolute Gasteiger partial charge is 0.460 e. The Kier molecular flexibility index (Phi) is 1100. The molecule has 0 unspecified atom stereocenters. The number of rotatable bonds is 3. The zero-order chi connectivity index (χ0) is 27.3. The zero-order valence-corrected chi connectivity index (χ0v) is 19.5. The monoisotopic (exact) mass is 410 g/mol. The first-order chi connectivity index (χ1) is 14.2. The van der Waals surface area contributed by atoms with Gasteiger partial charge in [-0.25, -0.2) is 4.79 Å². The van der Waals surface area contributed by atoms with Crippen LogP contribution in [0.3, 0.4) is 0 Å². The molecule has 0 atom stereocenters. The van der Waals surface area contributed by atoms with Crippen LogP contribution in [0.2, 0.25) is 0 Å². The van der Waals surface area contributed by atoms with Crippen molar-refractivity contribution in [2.75, 3.05) is 13.2 Å². The van der Waals surface area contributed by atoms with Gasteiger partial charge in [-0.2, -0.15) is 0 Å². The summed E-state index contributed by atoms with van der Waals surface area (Å²) in [7, 11) is 0. The van der Waals surface area contributed by atoms with Gasteiger partial charge in [0.25, 0.3) is 0 Å². The van der Waals surface area contributed by atoms with Gasteiger partial charge >= 0.3 is 5.97 Å². The first kappa shape index (κ1) is 72.7. The number of carbonyl (C=O) groups is 1. The van der Waals surface area contributed by atoms with E-state index in [1.54, 1.807) is 6.92 Å². The Bertz CT molecular complexity index is 205. The average Bonchev–Trinajstić information content (AvgIpc) is 2.89. The van der Waals surface area contributed by atoms with E-state index in [0.29, 0.717) is 5.57 Å². The Labute approximate surface area is 184 Å². The normalized spacial score (nSPS) is 4.07. The maximum absolute atomic E-state index is 10.5. The lowest BCUT2D eigenvalue weighted by molar-refractivity contribution is -0.139. The van der Waals surface area contributed by atoms with Crippen LogP contribution in [0.25, 0.3) is 0 Å². The van der Waals surface area contributed by atoms with Crippen LogP contribution in [0.4, 0.5) is 0 Å². The summed E-state index contributed by atoms with van der Waals surface area (Å²) in [6.45, 7) is 64.8. The fourth-order valence-electron chi connectivity index (χ4n) is 0.262. The number of aliphatic hydroxyl groups excluding tert-OH is 1. The maximum atomic E-state index is 10.5. The molecule has 0 aliphatic rings. The fraction of sp³-hybridized carbons (Fsp3) is 0.115. The Morgan fingerprint density at radius 2 is 0.759 bits per heavy atom. The van der Waals surface area contributed by atoms with Crippen molar-refractivity contribution < 1.29 is 14.6 Å². The minimum Gasteiger partial charge on any atom is -0.460 e. The molecule has 3 nitrogen and oxygen atoms in total. The van der Waals surface area contributed by atoms with Crippen molar-refractivity contribution in [1.29, 1.82) is 0 Å². The summed E-state index contributed by atoms with van der Waals surface area (Å²) in [5, 5.41) is 8.19. The van der Waals surface area contributed by atoms with E-state index in [1.165, 1.54) is 0 Å². The summed E-state index contributed by atoms with van der Waals surface area (Å²) < 4.78 is 4.46. The van der Waals surface area contributed by atoms with Gasteiger partial charge in [0.2, 0.25) is 0 Å². The Morgan fingerprint density at radius 1 is 0.586 bits per heavy atom. The second-order valence-corrected chi connectivity index (χ2v) is 1.64. The highest BCUT2D eigenvalue weighted by Gasteiger charge is 1.99. The number of carbonyl (C=O) groups excluding carboxylic acids is 1. The smallest absolute Gasteiger partial charge is 0.333 e. The third kappa shape index (κ3) is 599. The fourth-order valence-corrected chi connectivity index (χ4v) is 0.262. The van der Waals surface area contributed by atoms with E-state index in [-0.39, 0.29) is 13.2 Å². The van der Waals surface area contributed by atoms with E-state index in [4.69, 9.17) is 5.11 Å². The first-order valence-corrected chi connectivity index (χ1v) is 7.62. The van der Waals surface area contributed by atoms with Crippen molar-refractivity contribution in [3.63, 3.8) is 0 Å². The maximum Gasteiger partial charge on any atom is 0.333 e. The predicted octanol–water partition coefficient (Wildman–Crippen LogP) is 8.12. The van der Waals surface area contributed by atoms with Crippen molar-refractivity contribution in [2.24, 2.45) is 0 Å². The molecular weight excluding hydrogens is 360 g/mol. The summed E-state index contributed by atoms with van der Waals surface area (Å²) >= 11 is 0. The molecule has 0 radical (unpaired) electrons. The van der Waals surface area contributed by atoms with Crippen molar-refractivity contribution in [3.05, 3.63) is 144 Å². The molecule has 172 valence electrons. The van der Waals surface area contributed by atoms with E-state index in [2.05, 4.69) is 143 Å². The average molecular weight is 411 g/mol. The van der Waals surface area contributed by atoms with Crippen LogP contribution >= 0.6 is 0 Å². The van der Waals surface area contributed by atoms with Crippen molar-refractivity contribution in [3.8, 4) is 0 Å². The van der Waals surface area contributed by atoms with Crippen LogP contribution in [0.5, 0.6) is 0 Å². The molecular formula is C26H50O3. The zero-order valence-electron chi connectivity index (χ0n) is 19.5. The van der Waals surface area contributed by atoms with Gasteiger partial charge in [-0.15, -0.1) is 132 Å². The lowest BCUT2D eigenvalue weighted by Gasteiger charge is -1.99. The van der Waals surface area contributed by atoms with E-state index in [9.17, 15) is 4.79 Å². The van der Waals surface area contributed by atoms with Crippen molar-refractivity contribution in [1.82, 2.24) is 0 Å². The molecule has 0 aromatic carbocycles. The number of hydrogen-bond donors (Lipinski definition) is 1. The topological polar surface area (TPSA) is 46.5 Å². The highest BCUT2D eigenvalue weighted by molar-refractivity contribution is 5.86. The Balaban J connectivity index is -0.0000000154. The highest BCUT2D eigenvalue weighted by atomic mass is 16.5. The van der Waals surface area contributed by atoms with Gasteiger partial charge in [-0.1, -0.05) is 6.58 Å². The molecule has 3 heteroatoms. The SMILES string of the molecule is C=C.C=C.C=C.C=C.C=C.C=C.C=C.C=C.C=C.C=C.C=C(C)C(=O)OCCO. The van der Waals surface area contributed by atoms with Crippen LogP contribution in [0.1, 0.15) is 6.92 Å². The standard InChI is InChI=1S/C6H10O3.10C2H4/c1-5(2)6(8)9-4-3-7;10*1-2/h7H,1,3-4H2,2H3;10*1-2H2. The summed E-state index contributed by atoms with van der Waals surface area (Å²) in [5.41, 5.74) is 0.350. The first-order valence-electron chi connectivity index (χ1n) is 7.62. The molecule has 0 aliphatic carbocycles. The predicted molar refractivity (Wildman–Crippen MR) is 145 cm³/mol. The van der Waals surface area contributed by atoms with E-state index >= 15 is 0 Å². The molecule has 0 aromatic heterocycles. The molecule has 0 rings (SSSR count). The van der Waals surface area contributed by atoms with Gasteiger partial charge in [0.15, 0.2) is 0 Å². The summed E-state index contributed by atoms with van der Waals surface area (Å²) in [5.74, 6) is -0.455. The van der Waals surface area contributed by atoms with Crippen LogP contribution < -0.4 is 0 Å². The van der Waals surface area contributed by atoms with Gasteiger partial charge in [0.1, 0.15) is 6.61 Å². The van der Waals surface area contributed by atoms with Crippen LogP contribution in [0, 0.1) is 0 Å². The van der Waals surface area contributed by atoms with Crippen LogP contribution in [-0.4, -0.2) is 24.3 Å². The molecule has 0 saturated carbocycles. The number of ether oxygens (including phenoxy) is 1.